The molecule has 1 aliphatic rings. The first-order valence-corrected chi connectivity index (χ1v) is 6.84. The van der Waals surface area contributed by atoms with Gasteiger partial charge in [-0.2, -0.15) is 0 Å². The smallest absolute Gasteiger partial charge is 0.123 e. The molecule has 1 aromatic carbocycles. The number of halogens is 1. The molecule has 4 heteroatoms. The van der Waals surface area contributed by atoms with Gasteiger partial charge in [0.05, 0.1) is 13.2 Å². The number of benzene rings is 1. The van der Waals surface area contributed by atoms with Gasteiger partial charge < -0.3 is 10.5 Å². The van der Waals surface area contributed by atoms with Crippen LogP contribution in [0.4, 0.5) is 4.39 Å². The van der Waals surface area contributed by atoms with Crippen LogP contribution in [0.2, 0.25) is 0 Å². The first-order valence-electron chi connectivity index (χ1n) is 6.84. The summed E-state index contributed by atoms with van der Waals surface area (Å²) >= 11 is 0. The predicted octanol–water partition coefficient (Wildman–Crippen LogP) is 1.81. The molecule has 0 aliphatic carbocycles. The van der Waals surface area contributed by atoms with E-state index in [1.807, 2.05) is 12.1 Å². The number of rotatable bonds is 4. The molecular weight excluding hydrogens is 243 g/mol. The Morgan fingerprint density at radius 2 is 2.11 bits per heavy atom. The van der Waals surface area contributed by atoms with E-state index in [0.29, 0.717) is 12.6 Å². The van der Waals surface area contributed by atoms with Gasteiger partial charge in [-0.15, -0.1) is 0 Å². The Hall–Kier alpha value is -0.970. The lowest BCUT2D eigenvalue weighted by Crippen LogP contribution is -2.60. The zero-order valence-electron chi connectivity index (χ0n) is 11.7. The van der Waals surface area contributed by atoms with E-state index in [9.17, 15) is 4.39 Å². The van der Waals surface area contributed by atoms with Crippen molar-refractivity contribution in [2.75, 3.05) is 26.3 Å². The van der Waals surface area contributed by atoms with Crippen molar-refractivity contribution in [3.63, 3.8) is 0 Å². The topological polar surface area (TPSA) is 38.5 Å². The van der Waals surface area contributed by atoms with E-state index in [2.05, 4.69) is 18.7 Å². The zero-order chi connectivity index (χ0) is 13.9. The summed E-state index contributed by atoms with van der Waals surface area (Å²) < 4.78 is 18.5. The molecule has 19 heavy (non-hydrogen) atoms. The minimum absolute atomic E-state index is 0.110. The van der Waals surface area contributed by atoms with Gasteiger partial charge in [-0.1, -0.05) is 12.1 Å². The predicted molar refractivity (Wildman–Crippen MR) is 74.6 cm³/mol. The molecule has 1 heterocycles. The van der Waals surface area contributed by atoms with Gasteiger partial charge in [-0.05, 0) is 38.0 Å². The normalized spacial score (nSPS) is 24.1. The van der Waals surface area contributed by atoms with Crippen LogP contribution in [0.15, 0.2) is 24.3 Å². The van der Waals surface area contributed by atoms with E-state index in [0.717, 1.165) is 31.7 Å². The summed E-state index contributed by atoms with van der Waals surface area (Å²) in [7, 11) is 0. The highest BCUT2D eigenvalue weighted by atomic mass is 19.1. The van der Waals surface area contributed by atoms with Crippen LogP contribution in [0, 0.1) is 5.82 Å². The molecule has 0 spiro atoms. The summed E-state index contributed by atoms with van der Waals surface area (Å²) in [4.78, 5) is 2.42. The summed E-state index contributed by atoms with van der Waals surface area (Å²) in [5, 5.41) is 0. The quantitative estimate of drug-likeness (QED) is 0.903. The zero-order valence-corrected chi connectivity index (χ0v) is 11.7. The lowest BCUT2D eigenvalue weighted by Gasteiger charge is -2.46. The van der Waals surface area contributed by atoms with E-state index < -0.39 is 0 Å². The number of morpholine rings is 1. The van der Waals surface area contributed by atoms with Gasteiger partial charge in [0.15, 0.2) is 0 Å². The van der Waals surface area contributed by atoms with Gasteiger partial charge >= 0.3 is 0 Å². The summed E-state index contributed by atoms with van der Waals surface area (Å²) in [5.74, 6) is -0.196. The maximum Gasteiger partial charge on any atom is 0.123 e. The van der Waals surface area contributed by atoms with E-state index in [1.54, 1.807) is 0 Å². The van der Waals surface area contributed by atoms with Crippen LogP contribution in [-0.2, 0) is 11.2 Å². The monoisotopic (exact) mass is 266 g/mol. The van der Waals surface area contributed by atoms with Crippen molar-refractivity contribution in [2.45, 2.75) is 31.8 Å². The lowest BCUT2D eigenvalue weighted by atomic mass is 9.89. The SMILES string of the molecule is CC1COCCN1C(C)(CN)Cc1ccc(F)cc1. The van der Waals surface area contributed by atoms with Gasteiger partial charge in [0.2, 0.25) is 0 Å². The molecule has 0 radical (unpaired) electrons. The van der Waals surface area contributed by atoms with Crippen LogP contribution in [0.1, 0.15) is 19.4 Å². The molecule has 3 nitrogen and oxygen atoms in total. The highest BCUT2D eigenvalue weighted by Gasteiger charge is 2.35. The average molecular weight is 266 g/mol. The molecule has 1 fully saturated rings. The molecule has 106 valence electrons. The molecule has 2 unspecified atom stereocenters. The van der Waals surface area contributed by atoms with Gasteiger partial charge in [0, 0.05) is 24.7 Å². The number of ether oxygens (including phenoxy) is 1. The number of nitrogens with zero attached hydrogens (tertiary/aromatic N) is 1. The third-order valence-corrected chi connectivity index (χ3v) is 4.00. The molecule has 1 saturated heterocycles. The summed E-state index contributed by atoms with van der Waals surface area (Å²) in [6.45, 7) is 7.32. The van der Waals surface area contributed by atoms with Crippen LogP contribution in [-0.4, -0.2) is 42.8 Å². The number of hydrogen-bond donors (Lipinski definition) is 1. The van der Waals surface area contributed by atoms with Gasteiger partial charge in [-0.3, -0.25) is 4.90 Å². The van der Waals surface area contributed by atoms with Crippen LogP contribution >= 0.6 is 0 Å². The average Bonchev–Trinajstić information content (AvgIpc) is 2.42. The highest BCUT2D eigenvalue weighted by molar-refractivity contribution is 5.19. The molecule has 1 aliphatic heterocycles. The van der Waals surface area contributed by atoms with Crippen molar-refractivity contribution in [1.82, 2.24) is 4.90 Å². The summed E-state index contributed by atoms with van der Waals surface area (Å²) in [6.07, 6.45) is 0.828. The van der Waals surface area contributed by atoms with Crippen molar-refractivity contribution in [2.24, 2.45) is 5.73 Å². The summed E-state index contributed by atoms with van der Waals surface area (Å²) in [6, 6.07) is 7.06. The first kappa shape index (κ1) is 14.4. The van der Waals surface area contributed by atoms with Crippen molar-refractivity contribution >= 4 is 0 Å². The van der Waals surface area contributed by atoms with Crippen LogP contribution in [0.5, 0.6) is 0 Å². The fourth-order valence-electron chi connectivity index (χ4n) is 2.86. The molecule has 2 atom stereocenters. The maximum absolute atomic E-state index is 13.0. The Morgan fingerprint density at radius 1 is 1.42 bits per heavy atom. The Balaban J connectivity index is 2.14. The third-order valence-electron chi connectivity index (χ3n) is 4.00. The lowest BCUT2D eigenvalue weighted by molar-refractivity contribution is -0.0506. The largest absolute Gasteiger partial charge is 0.379 e. The molecule has 0 saturated carbocycles. The fourth-order valence-corrected chi connectivity index (χ4v) is 2.86. The number of hydrogen-bond acceptors (Lipinski definition) is 3. The minimum atomic E-state index is -0.196. The molecular formula is C15H23FN2O. The standard InChI is InChI=1S/C15H23FN2O/c1-12-10-19-8-7-18(12)15(2,11-17)9-13-3-5-14(16)6-4-13/h3-6,12H,7-11,17H2,1-2H3. The van der Waals surface area contributed by atoms with Gasteiger partial charge in [0.1, 0.15) is 5.82 Å². The Labute approximate surface area is 114 Å². The van der Waals surface area contributed by atoms with E-state index in [1.165, 1.54) is 12.1 Å². The molecule has 0 aromatic heterocycles. The van der Waals surface area contributed by atoms with E-state index >= 15 is 0 Å². The van der Waals surface area contributed by atoms with Crippen molar-refractivity contribution in [3.05, 3.63) is 35.6 Å². The first-order chi connectivity index (χ1) is 9.05. The minimum Gasteiger partial charge on any atom is -0.379 e. The maximum atomic E-state index is 13.0. The molecule has 0 bridgehead atoms. The van der Waals surface area contributed by atoms with Crippen LogP contribution < -0.4 is 5.73 Å². The second-order valence-electron chi connectivity index (χ2n) is 5.62. The second kappa shape index (κ2) is 5.99. The van der Waals surface area contributed by atoms with Crippen molar-refractivity contribution in [3.8, 4) is 0 Å². The second-order valence-corrected chi connectivity index (χ2v) is 5.62. The Kier molecular flexibility index (Phi) is 4.55. The van der Waals surface area contributed by atoms with Gasteiger partial charge in [-0.25, -0.2) is 4.39 Å². The number of nitrogens with two attached hydrogens (primary N) is 1. The van der Waals surface area contributed by atoms with Crippen molar-refractivity contribution < 1.29 is 9.13 Å². The van der Waals surface area contributed by atoms with E-state index in [4.69, 9.17) is 10.5 Å². The molecule has 1 aromatic rings. The molecule has 2 rings (SSSR count). The molecule has 2 N–H and O–H groups in total. The highest BCUT2D eigenvalue weighted by Crippen LogP contribution is 2.24. The van der Waals surface area contributed by atoms with Crippen molar-refractivity contribution in [1.29, 1.82) is 0 Å². The van der Waals surface area contributed by atoms with Crippen LogP contribution in [0.25, 0.3) is 0 Å². The Bertz CT molecular complexity index is 409. The fraction of sp³-hybridized carbons (Fsp3) is 0.600. The van der Waals surface area contributed by atoms with E-state index in [-0.39, 0.29) is 11.4 Å². The summed E-state index contributed by atoms with van der Waals surface area (Å²) in [5.41, 5.74) is 7.03. The van der Waals surface area contributed by atoms with Gasteiger partial charge in [0.25, 0.3) is 0 Å². The Morgan fingerprint density at radius 3 is 2.68 bits per heavy atom. The van der Waals surface area contributed by atoms with Crippen LogP contribution in [0.3, 0.4) is 0 Å². The molecule has 0 amide bonds. The third kappa shape index (κ3) is 3.32.